The van der Waals surface area contributed by atoms with Crippen LogP contribution in [0.25, 0.3) is 0 Å². The van der Waals surface area contributed by atoms with Crippen LogP contribution in [0.1, 0.15) is 21.5 Å². The molecule has 0 saturated heterocycles. The second-order valence-electron chi connectivity index (χ2n) is 4.03. The van der Waals surface area contributed by atoms with Crippen molar-refractivity contribution in [2.75, 3.05) is 0 Å². The smallest absolute Gasteiger partial charge is 0.130 e. The van der Waals surface area contributed by atoms with Crippen molar-refractivity contribution < 1.29 is 8.78 Å². The summed E-state index contributed by atoms with van der Waals surface area (Å²) in [5, 5.41) is 0.635. The van der Waals surface area contributed by atoms with E-state index in [9.17, 15) is 8.78 Å². The molecule has 18 heavy (non-hydrogen) atoms. The molecule has 0 aliphatic carbocycles. The average Bonchev–Trinajstić information content (AvgIpc) is 2.28. The molecule has 0 aliphatic rings. The summed E-state index contributed by atoms with van der Waals surface area (Å²) in [5.41, 5.74) is 2.26. The maximum Gasteiger partial charge on any atom is 0.130 e. The Balaban J connectivity index is 2.44. The standard InChI is InChI=1S/C14H10BrClF2/c1-8-6-9(16)2-4-11(8)14(15)12-5-3-10(17)7-13(12)18/h2-7,14H,1H3. The van der Waals surface area contributed by atoms with E-state index in [1.165, 1.54) is 12.1 Å². The van der Waals surface area contributed by atoms with Crippen LogP contribution in [-0.2, 0) is 0 Å². The molecular formula is C14H10BrClF2. The molecule has 0 bridgehead atoms. The summed E-state index contributed by atoms with van der Waals surface area (Å²) in [6, 6.07) is 8.97. The van der Waals surface area contributed by atoms with Crippen LogP contribution in [-0.4, -0.2) is 0 Å². The summed E-state index contributed by atoms with van der Waals surface area (Å²) in [7, 11) is 0. The summed E-state index contributed by atoms with van der Waals surface area (Å²) in [6.07, 6.45) is 0. The molecule has 94 valence electrons. The normalized spacial score (nSPS) is 12.5. The maximum absolute atomic E-state index is 13.7. The minimum atomic E-state index is -0.580. The van der Waals surface area contributed by atoms with Gasteiger partial charge in [0.2, 0.25) is 0 Å². The molecule has 0 amide bonds. The van der Waals surface area contributed by atoms with Gasteiger partial charge in [0, 0.05) is 16.7 Å². The van der Waals surface area contributed by atoms with Crippen LogP contribution >= 0.6 is 27.5 Å². The molecule has 0 heterocycles. The number of rotatable bonds is 2. The quantitative estimate of drug-likeness (QED) is 0.645. The second-order valence-corrected chi connectivity index (χ2v) is 5.38. The first kappa shape index (κ1) is 13.5. The van der Waals surface area contributed by atoms with Gasteiger partial charge >= 0.3 is 0 Å². The molecule has 2 rings (SSSR count). The van der Waals surface area contributed by atoms with Crippen molar-refractivity contribution in [3.63, 3.8) is 0 Å². The van der Waals surface area contributed by atoms with E-state index in [0.29, 0.717) is 10.6 Å². The number of benzene rings is 2. The van der Waals surface area contributed by atoms with E-state index in [-0.39, 0.29) is 4.83 Å². The largest absolute Gasteiger partial charge is 0.207 e. The highest BCUT2D eigenvalue weighted by Gasteiger charge is 2.17. The molecule has 0 nitrogen and oxygen atoms in total. The summed E-state index contributed by atoms with van der Waals surface area (Å²) >= 11 is 9.32. The molecule has 0 N–H and O–H groups in total. The van der Waals surface area contributed by atoms with Crippen LogP contribution in [0, 0.1) is 18.6 Å². The van der Waals surface area contributed by atoms with E-state index in [1.54, 1.807) is 6.07 Å². The van der Waals surface area contributed by atoms with Crippen molar-refractivity contribution in [1.82, 2.24) is 0 Å². The third-order valence-corrected chi connectivity index (χ3v) is 3.96. The van der Waals surface area contributed by atoms with Gasteiger partial charge in [-0.25, -0.2) is 8.78 Å². The fraction of sp³-hybridized carbons (Fsp3) is 0.143. The van der Waals surface area contributed by atoms with Crippen molar-refractivity contribution in [2.24, 2.45) is 0 Å². The fourth-order valence-corrected chi connectivity index (χ4v) is 2.91. The lowest BCUT2D eigenvalue weighted by atomic mass is 10.00. The van der Waals surface area contributed by atoms with Gasteiger partial charge in [-0.05, 0) is 36.2 Å². The van der Waals surface area contributed by atoms with Crippen LogP contribution in [0.4, 0.5) is 8.78 Å². The Morgan fingerprint density at radius 1 is 1.06 bits per heavy atom. The van der Waals surface area contributed by atoms with Crippen molar-refractivity contribution in [3.8, 4) is 0 Å². The molecule has 2 aromatic carbocycles. The number of aryl methyl sites for hydroxylation is 1. The van der Waals surface area contributed by atoms with Gasteiger partial charge in [0.15, 0.2) is 0 Å². The molecular weight excluding hydrogens is 322 g/mol. The van der Waals surface area contributed by atoms with Crippen LogP contribution in [0.3, 0.4) is 0 Å². The minimum absolute atomic E-state index is 0.324. The van der Waals surface area contributed by atoms with Gasteiger partial charge in [0.25, 0.3) is 0 Å². The molecule has 0 radical (unpaired) electrons. The van der Waals surface area contributed by atoms with E-state index in [4.69, 9.17) is 11.6 Å². The molecule has 0 fully saturated rings. The van der Waals surface area contributed by atoms with E-state index >= 15 is 0 Å². The van der Waals surface area contributed by atoms with Crippen LogP contribution in [0.5, 0.6) is 0 Å². The Morgan fingerprint density at radius 2 is 1.72 bits per heavy atom. The lowest BCUT2D eigenvalue weighted by molar-refractivity contribution is 0.574. The van der Waals surface area contributed by atoms with Crippen LogP contribution in [0.2, 0.25) is 5.02 Å². The lowest BCUT2D eigenvalue weighted by Gasteiger charge is -2.14. The Morgan fingerprint density at radius 3 is 2.33 bits per heavy atom. The predicted molar refractivity (Wildman–Crippen MR) is 73.3 cm³/mol. The highest BCUT2D eigenvalue weighted by molar-refractivity contribution is 9.09. The monoisotopic (exact) mass is 330 g/mol. The predicted octanol–water partition coefficient (Wildman–Crippen LogP) is 5.41. The second kappa shape index (κ2) is 5.37. The van der Waals surface area contributed by atoms with Crippen LogP contribution in [0.15, 0.2) is 36.4 Å². The molecule has 0 aromatic heterocycles. The molecule has 1 atom stereocenters. The van der Waals surface area contributed by atoms with Gasteiger partial charge in [0.05, 0.1) is 4.83 Å². The third-order valence-electron chi connectivity index (χ3n) is 2.74. The molecule has 0 aliphatic heterocycles. The Kier molecular flexibility index (Phi) is 4.03. The van der Waals surface area contributed by atoms with Gasteiger partial charge < -0.3 is 0 Å². The number of halogens is 4. The lowest BCUT2D eigenvalue weighted by Crippen LogP contribution is -1.99. The van der Waals surface area contributed by atoms with Crippen molar-refractivity contribution in [3.05, 3.63) is 69.7 Å². The Hall–Kier alpha value is -0.930. The number of hydrogen-bond acceptors (Lipinski definition) is 0. The SMILES string of the molecule is Cc1cc(Cl)ccc1C(Br)c1ccc(F)cc1F. The maximum atomic E-state index is 13.7. The van der Waals surface area contributed by atoms with E-state index in [1.807, 2.05) is 19.1 Å². The zero-order valence-corrected chi connectivity index (χ0v) is 11.9. The average molecular weight is 332 g/mol. The zero-order chi connectivity index (χ0) is 13.3. The van der Waals surface area contributed by atoms with Crippen LogP contribution < -0.4 is 0 Å². The molecule has 0 spiro atoms. The Bertz CT molecular complexity index is 533. The zero-order valence-electron chi connectivity index (χ0n) is 9.55. The number of alkyl halides is 1. The Labute approximate surface area is 118 Å². The van der Waals surface area contributed by atoms with Gasteiger partial charge in [-0.15, -0.1) is 0 Å². The van der Waals surface area contributed by atoms with E-state index < -0.39 is 11.6 Å². The topological polar surface area (TPSA) is 0 Å². The molecule has 1 unspecified atom stereocenters. The van der Waals surface area contributed by atoms with E-state index in [2.05, 4.69) is 15.9 Å². The summed E-state index contributed by atoms with van der Waals surface area (Å²) in [4.78, 5) is -0.324. The van der Waals surface area contributed by atoms with Gasteiger partial charge in [-0.2, -0.15) is 0 Å². The molecule has 2 aromatic rings. The van der Waals surface area contributed by atoms with Gasteiger partial charge in [-0.1, -0.05) is 39.7 Å². The highest BCUT2D eigenvalue weighted by Crippen LogP contribution is 2.35. The van der Waals surface area contributed by atoms with Gasteiger partial charge in [0.1, 0.15) is 11.6 Å². The van der Waals surface area contributed by atoms with Crippen molar-refractivity contribution >= 4 is 27.5 Å². The summed E-state index contributed by atoms with van der Waals surface area (Å²) < 4.78 is 26.6. The first-order valence-electron chi connectivity index (χ1n) is 5.34. The molecule has 0 saturated carbocycles. The summed E-state index contributed by atoms with van der Waals surface area (Å²) in [6.45, 7) is 1.90. The number of hydrogen-bond donors (Lipinski definition) is 0. The summed E-state index contributed by atoms with van der Waals surface area (Å²) in [5.74, 6) is -1.14. The molecule has 4 heteroatoms. The first-order valence-corrected chi connectivity index (χ1v) is 6.63. The van der Waals surface area contributed by atoms with E-state index in [0.717, 1.165) is 17.2 Å². The first-order chi connectivity index (χ1) is 8.49. The fourth-order valence-electron chi connectivity index (χ4n) is 1.80. The van der Waals surface area contributed by atoms with Crippen molar-refractivity contribution in [2.45, 2.75) is 11.8 Å². The third kappa shape index (κ3) is 2.73. The van der Waals surface area contributed by atoms with Crippen molar-refractivity contribution in [1.29, 1.82) is 0 Å². The van der Waals surface area contributed by atoms with Gasteiger partial charge in [-0.3, -0.25) is 0 Å². The minimum Gasteiger partial charge on any atom is -0.207 e. The highest BCUT2D eigenvalue weighted by atomic mass is 79.9.